The molecule has 1 heterocycles. The number of rotatable bonds is 8. The number of benzene rings is 2. The van der Waals surface area contributed by atoms with Gasteiger partial charge in [0.25, 0.3) is 0 Å². The maximum atomic E-state index is 13.4. The van der Waals surface area contributed by atoms with E-state index in [9.17, 15) is 4.79 Å². The van der Waals surface area contributed by atoms with Crippen molar-refractivity contribution in [2.45, 2.75) is 24.4 Å². The van der Waals surface area contributed by atoms with Gasteiger partial charge in [0.05, 0.1) is 19.6 Å². The molecule has 1 aliphatic rings. The summed E-state index contributed by atoms with van der Waals surface area (Å²) in [5.41, 5.74) is 1.26. The molecule has 1 atom stereocenters. The van der Waals surface area contributed by atoms with Crippen LogP contribution in [0.15, 0.2) is 48.5 Å². The van der Waals surface area contributed by atoms with Gasteiger partial charge in [-0.05, 0) is 36.6 Å². The first-order valence-corrected chi connectivity index (χ1v) is 9.81. The molecule has 1 fully saturated rings. The molecule has 0 aliphatic carbocycles. The Kier molecular flexibility index (Phi) is 7.12. The van der Waals surface area contributed by atoms with Crippen LogP contribution < -0.4 is 14.8 Å². The highest BCUT2D eigenvalue weighted by Gasteiger charge is 2.41. The molecule has 2 aromatic carbocycles. The number of hydrogen-bond acceptors (Lipinski definition) is 5. The molecule has 0 saturated carbocycles. The first-order chi connectivity index (χ1) is 14.1. The minimum Gasteiger partial charge on any atom is -0.497 e. The van der Waals surface area contributed by atoms with Crippen LogP contribution in [0.1, 0.15) is 30.1 Å². The summed E-state index contributed by atoms with van der Waals surface area (Å²) in [5.74, 6) is 1.50. The quantitative estimate of drug-likeness (QED) is 0.738. The van der Waals surface area contributed by atoms with Gasteiger partial charge in [-0.3, -0.25) is 4.79 Å². The second-order valence-corrected chi connectivity index (χ2v) is 7.10. The van der Waals surface area contributed by atoms with Gasteiger partial charge in [0.15, 0.2) is 0 Å². The van der Waals surface area contributed by atoms with E-state index in [1.807, 2.05) is 48.5 Å². The van der Waals surface area contributed by atoms with Crippen molar-refractivity contribution in [1.29, 1.82) is 0 Å². The Hall–Kier alpha value is -2.57. The zero-order valence-electron chi connectivity index (χ0n) is 17.3. The third-order valence-electron chi connectivity index (χ3n) is 5.64. The summed E-state index contributed by atoms with van der Waals surface area (Å²) in [7, 11) is 4.90. The Bertz CT molecular complexity index is 799. The van der Waals surface area contributed by atoms with Crippen LogP contribution in [0.25, 0.3) is 0 Å². The molecule has 0 bridgehead atoms. The summed E-state index contributed by atoms with van der Waals surface area (Å²) < 4.78 is 21.9. The van der Waals surface area contributed by atoms with Crippen molar-refractivity contribution in [2.24, 2.45) is 0 Å². The van der Waals surface area contributed by atoms with Crippen LogP contribution in [-0.4, -0.2) is 47.0 Å². The zero-order chi connectivity index (χ0) is 20.7. The Morgan fingerprint density at radius 2 is 1.72 bits per heavy atom. The van der Waals surface area contributed by atoms with E-state index >= 15 is 0 Å². The van der Waals surface area contributed by atoms with Crippen molar-refractivity contribution in [3.8, 4) is 11.5 Å². The van der Waals surface area contributed by atoms with Crippen LogP contribution in [0.3, 0.4) is 0 Å². The number of amides is 1. The minimum atomic E-state index is -0.621. The van der Waals surface area contributed by atoms with Gasteiger partial charge in [-0.25, -0.2) is 0 Å². The highest BCUT2D eigenvalue weighted by atomic mass is 16.5. The fraction of sp³-hybridized carbons (Fsp3) is 0.435. The van der Waals surface area contributed by atoms with Crippen LogP contribution in [0.2, 0.25) is 0 Å². The lowest BCUT2D eigenvalue weighted by Gasteiger charge is -2.36. The summed E-state index contributed by atoms with van der Waals surface area (Å²) in [4.78, 5) is 13.4. The first kappa shape index (κ1) is 21.1. The fourth-order valence-corrected chi connectivity index (χ4v) is 3.88. The highest BCUT2D eigenvalue weighted by molar-refractivity contribution is 5.88. The number of nitrogens with one attached hydrogen (secondary N) is 1. The zero-order valence-corrected chi connectivity index (χ0v) is 17.3. The van der Waals surface area contributed by atoms with Gasteiger partial charge in [-0.2, -0.15) is 0 Å². The number of carbonyl (C=O) groups is 1. The summed E-state index contributed by atoms with van der Waals surface area (Å²) in [6.45, 7) is 1.47. The monoisotopic (exact) mass is 399 g/mol. The molecule has 1 N–H and O–H groups in total. The average molecular weight is 399 g/mol. The Morgan fingerprint density at radius 3 is 2.34 bits per heavy atom. The van der Waals surface area contributed by atoms with Crippen molar-refractivity contribution >= 4 is 5.91 Å². The number of ether oxygens (including phenoxy) is 4. The van der Waals surface area contributed by atoms with Gasteiger partial charge in [-0.1, -0.05) is 30.3 Å². The van der Waals surface area contributed by atoms with Gasteiger partial charge >= 0.3 is 0 Å². The van der Waals surface area contributed by atoms with E-state index in [4.69, 9.17) is 18.9 Å². The lowest BCUT2D eigenvalue weighted by molar-refractivity contribution is -0.131. The van der Waals surface area contributed by atoms with Crippen LogP contribution >= 0.6 is 0 Å². The maximum absolute atomic E-state index is 13.4. The molecule has 6 nitrogen and oxygen atoms in total. The molecular formula is C23H29NO5. The van der Waals surface area contributed by atoms with Crippen molar-refractivity contribution in [1.82, 2.24) is 5.32 Å². The minimum absolute atomic E-state index is 0.0112. The standard InChI is InChI=1S/C23H29NO5/c1-26-18-10-8-17(9-11-18)23(12-14-29-15-13-23)22(25)24-16-21(28-3)19-6-4-5-7-20(19)27-2/h4-11,21H,12-16H2,1-3H3,(H,24,25). The summed E-state index contributed by atoms with van der Waals surface area (Å²) >= 11 is 0. The summed E-state index contributed by atoms with van der Waals surface area (Å²) in [5, 5.41) is 3.11. The topological polar surface area (TPSA) is 66.0 Å². The molecular weight excluding hydrogens is 370 g/mol. The largest absolute Gasteiger partial charge is 0.497 e. The molecule has 29 heavy (non-hydrogen) atoms. The van der Waals surface area contributed by atoms with E-state index in [1.165, 1.54) is 0 Å². The normalized spacial score (nSPS) is 16.7. The van der Waals surface area contributed by atoms with Crippen molar-refractivity contribution in [2.75, 3.05) is 41.1 Å². The van der Waals surface area contributed by atoms with E-state index in [0.29, 0.717) is 32.6 Å². The van der Waals surface area contributed by atoms with Crippen molar-refractivity contribution < 1.29 is 23.7 Å². The van der Waals surface area contributed by atoms with Gasteiger partial charge in [0.1, 0.15) is 17.6 Å². The molecule has 6 heteroatoms. The summed E-state index contributed by atoms with van der Waals surface area (Å²) in [6, 6.07) is 15.4. The van der Waals surface area contributed by atoms with E-state index in [2.05, 4.69) is 5.32 Å². The Morgan fingerprint density at radius 1 is 1.03 bits per heavy atom. The highest BCUT2D eigenvalue weighted by Crippen LogP contribution is 2.36. The molecule has 1 aliphatic heterocycles. The fourth-order valence-electron chi connectivity index (χ4n) is 3.88. The van der Waals surface area contributed by atoms with Crippen LogP contribution in [-0.2, 0) is 19.7 Å². The summed E-state index contributed by atoms with van der Waals surface area (Å²) in [6.07, 6.45) is 0.970. The lowest BCUT2D eigenvalue weighted by atomic mass is 9.73. The van der Waals surface area contributed by atoms with E-state index in [0.717, 1.165) is 22.6 Å². The predicted molar refractivity (Wildman–Crippen MR) is 110 cm³/mol. The van der Waals surface area contributed by atoms with Crippen molar-refractivity contribution in [3.63, 3.8) is 0 Å². The first-order valence-electron chi connectivity index (χ1n) is 9.81. The third kappa shape index (κ3) is 4.54. The molecule has 1 saturated heterocycles. The average Bonchev–Trinajstić information content (AvgIpc) is 2.80. The molecule has 156 valence electrons. The molecule has 0 radical (unpaired) electrons. The maximum Gasteiger partial charge on any atom is 0.230 e. The number of para-hydroxylation sites is 1. The molecule has 2 aromatic rings. The van der Waals surface area contributed by atoms with E-state index < -0.39 is 5.41 Å². The predicted octanol–water partition coefficient (Wildman–Crippen LogP) is 3.26. The SMILES string of the molecule is COc1ccc(C2(C(=O)NCC(OC)c3ccccc3OC)CCOCC2)cc1. The Balaban J connectivity index is 1.79. The van der Waals surface area contributed by atoms with Crippen LogP contribution in [0.5, 0.6) is 11.5 Å². The van der Waals surface area contributed by atoms with Gasteiger partial charge in [-0.15, -0.1) is 0 Å². The van der Waals surface area contributed by atoms with E-state index in [-0.39, 0.29) is 12.0 Å². The van der Waals surface area contributed by atoms with Crippen LogP contribution in [0, 0.1) is 0 Å². The Labute approximate surface area is 172 Å². The molecule has 3 rings (SSSR count). The van der Waals surface area contributed by atoms with Crippen LogP contribution in [0.4, 0.5) is 0 Å². The molecule has 0 spiro atoms. The lowest BCUT2D eigenvalue weighted by Crippen LogP contribution is -2.49. The van der Waals surface area contributed by atoms with Crippen molar-refractivity contribution in [3.05, 3.63) is 59.7 Å². The van der Waals surface area contributed by atoms with Gasteiger partial charge in [0.2, 0.25) is 5.91 Å². The number of hydrogen-bond donors (Lipinski definition) is 1. The van der Waals surface area contributed by atoms with Gasteiger partial charge < -0.3 is 24.3 Å². The van der Waals surface area contributed by atoms with E-state index in [1.54, 1.807) is 21.3 Å². The molecule has 1 amide bonds. The number of carbonyl (C=O) groups excluding carboxylic acids is 1. The third-order valence-corrected chi connectivity index (χ3v) is 5.64. The number of methoxy groups -OCH3 is 3. The second kappa shape index (κ2) is 9.76. The second-order valence-electron chi connectivity index (χ2n) is 7.10. The molecule has 1 unspecified atom stereocenters. The smallest absolute Gasteiger partial charge is 0.230 e. The molecule has 0 aromatic heterocycles. The van der Waals surface area contributed by atoms with Gasteiger partial charge in [0, 0.05) is 32.4 Å².